The zero-order chi connectivity index (χ0) is 18.9. The summed E-state index contributed by atoms with van der Waals surface area (Å²) < 4.78 is 7.74. The van der Waals surface area contributed by atoms with Gasteiger partial charge in [0.2, 0.25) is 0 Å². The molecule has 4 rings (SSSR count). The smallest absolute Gasteiger partial charge is 0.410 e. The van der Waals surface area contributed by atoms with Crippen LogP contribution in [0.15, 0.2) is 48.8 Å². The van der Waals surface area contributed by atoms with Gasteiger partial charge in [0.05, 0.1) is 6.54 Å². The molecule has 2 aliphatic rings. The number of hydrogen-bond donors (Lipinski definition) is 0. The van der Waals surface area contributed by atoms with E-state index in [4.69, 9.17) is 4.74 Å². The number of carbonyl (C=O) groups is 2. The van der Waals surface area contributed by atoms with Crippen molar-refractivity contribution < 1.29 is 14.3 Å². The molecule has 27 heavy (non-hydrogen) atoms. The summed E-state index contributed by atoms with van der Waals surface area (Å²) in [6, 6.07) is 11.8. The predicted octanol–water partition coefficient (Wildman–Crippen LogP) is 2.98. The minimum Gasteiger partial charge on any atom is -0.441 e. The highest BCUT2D eigenvalue weighted by Gasteiger charge is 2.46. The molecule has 0 saturated carbocycles. The number of piperidine rings is 1. The van der Waals surface area contributed by atoms with Crippen LogP contribution >= 0.6 is 0 Å². The Balaban J connectivity index is 1.36. The first-order chi connectivity index (χ1) is 13.1. The SMILES string of the molecule is CCN1CC2(CCN(C(=O)c3ccc(Cn4cccc4)cc3)CC2)OC1=O. The van der Waals surface area contributed by atoms with Crippen LogP contribution in [0.1, 0.15) is 35.7 Å². The molecular formula is C21H25N3O3. The van der Waals surface area contributed by atoms with Crippen LogP contribution in [0.25, 0.3) is 0 Å². The molecule has 2 saturated heterocycles. The molecule has 2 fully saturated rings. The van der Waals surface area contributed by atoms with Crippen molar-refractivity contribution in [1.82, 2.24) is 14.4 Å². The molecule has 0 radical (unpaired) electrons. The lowest BCUT2D eigenvalue weighted by molar-refractivity contribution is 0.00314. The molecule has 6 nitrogen and oxygen atoms in total. The van der Waals surface area contributed by atoms with E-state index in [0.717, 1.165) is 12.1 Å². The van der Waals surface area contributed by atoms with Crippen molar-refractivity contribution in [3.8, 4) is 0 Å². The summed E-state index contributed by atoms with van der Waals surface area (Å²) in [5, 5.41) is 0. The van der Waals surface area contributed by atoms with Crippen molar-refractivity contribution in [3.05, 3.63) is 59.9 Å². The van der Waals surface area contributed by atoms with Gasteiger partial charge in [0.25, 0.3) is 5.91 Å². The fourth-order valence-corrected chi connectivity index (χ4v) is 3.93. The average Bonchev–Trinajstić information content (AvgIpc) is 3.30. The highest BCUT2D eigenvalue weighted by atomic mass is 16.6. The lowest BCUT2D eigenvalue weighted by Gasteiger charge is -2.37. The van der Waals surface area contributed by atoms with Crippen molar-refractivity contribution in [2.45, 2.75) is 31.9 Å². The molecule has 1 aromatic heterocycles. The monoisotopic (exact) mass is 367 g/mol. The topological polar surface area (TPSA) is 54.8 Å². The molecule has 0 aliphatic carbocycles. The van der Waals surface area contributed by atoms with Crippen LogP contribution in [0.2, 0.25) is 0 Å². The number of aromatic nitrogens is 1. The van der Waals surface area contributed by atoms with Gasteiger partial charge in [-0.25, -0.2) is 4.79 Å². The molecule has 0 bridgehead atoms. The molecule has 2 aliphatic heterocycles. The van der Waals surface area contributed by atoms with Crippen molar-refractivity contribution in [2.75, 3.05) is 26.2 Å². The molecule has 3 heterocycles. The zero-order valence-corrected chi connectivity index (χ0v) is 15.6. The van der Waals surface area contributed by atoms with Gasteiger partial charge in [0.15, 0.2) is 0 Å². The predicted molar refractivity (Wildman–Crippen MR) is 102 cm³/mol. The molecule has 1 spiro atoms. The third-order valence-corrected chi connectivity index (χ3v) is 5.62. The quantitative estimate of drug-likeness (QED) is 0.835. The molecule has 1 aromatic carbocycles. The van der Waals surface area contributed by atoms with Gasteiger partial charge in [-0.1, -0.05) is 12.1 Å². The number of likely N-dealkylation sites (tertiary alicyclic amines) is 1. The Kier molecular flexibility index (Phi) is 4.64. The Morgan fingerprint density at radius 3 is 2.37 bits per heavy atom. The second-order valence-corrected chi connectivity index (χ2v) is 7.41. The Labute approximate surface area is 159 Å². The van der Waals surface area contributed by atoms with Crippen molar-refractivity contribution >= 4 is 12.0 Å². The highest BCUT2D eigenvalue weighted by Crippen LogP contribution is 2.33. The van der Waals surface area contributed by atoms with E-state index >= 15 is 0 Å². The first kappa shape index (κ1) is 17.6. The lowest BCUT2D eigenvalue weighted by Crippen LogP contribution is -2.48. The Hall–Kier alpha value is -2.76. The second-order valence-electron chi connectivity index (χ2n) is 7.41. The molecule has 0 N–H and O–H groups in total. The summed E-state index contributed by atoms with van der Waals surface area (Å²) >= 11 is 0. The number of likely N-dealkylation sites (N-methyl/N-ethyl adjacent to an activating group) is 1. The van der Waals surface area contributed by atoms with E-state index in [1.54, 1.807) is 4.90 Å². The largest absolute Gasteiger partial charge is 0.441 e. The van der Waals surface area contributed by atoms with Crippen molar-refractivity contribution in [3.63, 3.8) is 0 Å². The highest BCUT2D eigenvalue weighted by molar-refractivity contribution is 5.94. The number of hydrogen-bond acceptors (Lipinski definition) is 3. The van der Waals surface area contributed by atoms with Crippen molar-refractivity contribution in [2.24, 2.45) is 0 Å². The van der Waals surface area contributed by atoms with Gasteiger partial charge in [-0.3, -0.25) is 4.79 Å². The van der Waals surface area contributed by atoms with Gasteiger partial charge < -0.3 is 19.1 Å². The van der Waals surface area contributed by atoms with E-state index in [9.17, 15) is 9.59 Å². The first-order valence-corrected chi connectivity index (χ1v) is 9.55. The van der Waals surface area contributed by atoms with Gasteiger partial charge in [0.1, 0.15) is 5.60 Å². The Morgan fingerprint density at radius 2 is 1.78 bits per heavy atom. The van der Waals surface area contributed by atoms with Crippen LogP contribution in [0, 0.1) is 0 Å². The first-order valence-electron chi connectivity index (χ1n) is 9.55. The summed E-state index contributed by atoms with van der Waals surface area (Å²) in [6.45, 7) is 5.30. The molecular weight excluding hydrogens is 342 g/mol. The maximum atomic E-state index is 12.8. The number of carbonyl (C=O) groups excluding carboxylic acids is 2. The summed E-state index contributed by atoms with van der Waals surface area (Å²) in [7, 11) is 0. The molecule has 2 amide bonds. The molecule has 6 heteroatoms. The maximum absolute atomic E-state index is 12.8. The zero-order valence-electron chi connectivity index (χ0n) is 15.6. The summed E-state index contributed by atoms with van der Waals surface area (Å²) in [6.07, 6.45) is 5.23. The summed E-state index contributed by atoms with van der Waals surface area (Å²) in [5.74, 6) is 0.0500. The molecule has 142 valence electrons. The minimum absolute atomic E-state index is 0.0500. The molecule has 0 atom stereocenters. The van der Waals surface area contributed by atoms with E-state index in [1.165, 1.54) is 0 Å². The van der Waals surface area contributed by atoms with Gasteiger partial charge in [-0.05, 0) is 36.8 Å². The average molecular weight is 367 g/mol. The molecule has 0 unspecified atom stereocenters. The van der Waals surface area contributed by atoms with Gasteiger partial charge in [0, 0.05) is 57.0 Å². The van der Waals surface area contributed by atoms with Gasteiger partial charge >= 0.3 is 6.09 Å². The number of ether oxygens (including phenoxy) is 1. The standard InChI is InChI=1S/C21H25N3O3/c1-2-23-16-21(27-20(23)26)9-13-24(14-10-21)19(25)18-7-5-17(6-8-18)15-22-11-3-4-12-22/h3-8,11-12H,2,9-10,13-16H2,1H3. The van der Waals surface area contributed by atoms with E-state index in [0.29, 0.717) is 44.6 Å². The third-order valence-electron chi connectivity index (χ3n) is 5.62. The number of rotatable bonds is 4. The van der Waals surface area contributed by atoms with Gasteiger partial charge in [-0.15, -0.1) is 0 Å². The van der Waals surface area contributed by atoms with Crippen LogP contribution in [0.4, 0.5) is 4.79 Å². The van der Waals surface area contributed by atoms with Crippen LogP contribution in [0.3, 0.4) is 0 Å². The van der Waals surface area contributed by atoms with Crippen LogP contribution in [-0.2, 0) is 11.3 Å². The number of amides is 2. The normalized spacial score (nSPS) is 18.8. The Bertz CT molecular complexity index is 806. The number of benzene rings is 1. The van der Waals surface area contributed by atoms with Crippen molar-refractivity contribution in [1.29, 1.82) is 0 Å². The van der Waals surface area contributed by atoms with E-state index in [-0.39, 0.29) is 12.0 Å². The number of nitrogens with zero attached hydrogens (tertiary/aromatic N) is 3. The fourth-order valence-electron chi connectivity index (χ4n) is 3.93. The van der Waals surface area contributed by atoms with Crippen LogP contribution in [0.5, 0.6) is 0 Å². The van der Waals surface area contributed by atoms with E-state index in [2.05, 4.69) is 4.57 Å². The fraction of sp³-hybridized carbons (Fsp3) is 0.429. The van der Waals surface area contributed by atoms with Gasteiger partial charge in [-0.2, -0.15) is 0 Å². The van der Waals surface area contributed by atoms with Crippen LogP contribution in [-0.4, -0.2) is 58.1 Å². The maximum Gasteiger partial charge on any atom is 0.410 e. The summed E-state index contributed by atoms with van der Waals surface area (Å²) in [5.41, 5.74) is 1.46. The minimum atomic E-state index is -0.412. The second kappa shape index (κ2) is 7.10. The van der Waals surface area contributed by atoms with E-state index in [1.807, 2.05) is 60.6 Å². The molecule has 2 aromatic rings. The lowest BCUT2D eigenvalue weighted by atomic mass is 9.91. The third kappa shape index (κ3) is 3.56. The Morgan fingerprint density at radius 1 is 1.11 bits per heavy atom. The summed E-state index contributed by atoms with van der Waals surface area (Å²) in [4.78, 5) is 28.3. The van der Waals surface area contributed by atoms with E-state index < -0.39 is 5.60 Å². The van der Waals surface area contributed by atoms with Crippen LogP contribution < -0.4 is 0 Å².